The fourth-order valence-electron chi connectivity index (χ4n) is 3.21. The molecule has 0 fully saturated rings. The zero-order valence-corrected chi connectivity index (χ0v) is 17.8. The minimum Gasteiger partial charge on any atom is -0.507 e. The third-order valence-electron chi connectivity index (χ3n) is 4.94. The summed E-state index contributed by atoms with van der Waals surface area (Å²) in [5.74, 6) is 1.94. The number of para-hydroxylation sites is 2. The van der Waals surface area contributed by atoms with Crippen LogP contribution in [0.4, 0.5) is 5.95 Å². The van der Waals surface area contributed by atoms with E-state index in [-0.39, 0.29) is 11.7 Å². The number of rotatable bonds is 7. The average Bonchev–Trinajstić information content (AvgIpc) is 2.80. The molecule has 4 aromatic rings. The van der Waals surface area contributed by atoms with Gasteiger partial charge in [-0.3, -0.25) is 0 Å². The third-order valence-corrected chi connectivity index (χ3v) is 4.94. The molecule has 0 radical (unpaired) electrons. The maximum atomic E-state index is 10.7. The Morgan fingerprint density at radius 1 is 0.938 bits per heavy atom. The van der Waals surface area contributed by atoms with E-state index in [2.05, 4.69) is 9.97 Å². The van der Waals surface area contributed by atoms with E-state index in [1.807, 2.05) is 43.3 Å². The van der Waals surface area contributed by atoms with E-state index in [1.54, 1.807) is 37.4 Å². The van der Waals surface area contributed by atoms with Crippen molar-refractivity contribution < 1.29 is 19.3 Å². The first kappa shape index (κ1) is 21.0. The maximum absolute atomic E-state index is 10.7. The molecule has 0 aliphatic heterocycles. The van der Waals surface area contributed by atoms with Crippen molar-refractivity contribution in [1.82, 2.24) is 9.97 Å². The van der Waals surface area contributed by atoms with Gasteiger partial charge in [-0.15, -0.1) is 0 Å². The highest BCUT2D eigenvalue weighted by Gasteiger charge is 2.17. The first-order chi connectivity index (χ1) is 15.5. The topological polar surface area (TPSA) is 99.7 Å². The van der Waals surface area contributed by atoms with Crippen molar-refractivity contribution in [2.75, 3.05) is 12.8 Å². The molecule has 0 aliphatic carbocycles. The Kier molecular flexibility index (Phi) is 6.07. The van der Waals surface area contributed by atoms with Crippen molar-refractivity contribution in [3.05, 3.63) is 84.1 Å². The number of methoxy groups -OCH3 is 1. The summed E-state index contributed by atoms with van der Waals surface area (Å²) in [6.45, 7) is 2.43. The summed E-state index contributed by atoms with van der Waals surface area (Å²) < 4.78 is 17.2. The monoisotopic (exact) mass is 429 g/mol. The van der Waals surface area contributed by atoms with E-state index in [0.717, 1.165) is 11.1 Å². The molecule has 162 valence electrons. The summed E-state index contributed by atoms with van der Waals surface area (Å²) in [5.41, 5.74) is 8.82. The highest BCUT2D eigenvalue weighted by Crippen LogP contribution is 2.40. The molecule has 1 heterocycles. The molecule has 3 N–H and O–H groups in total. The number of ether oxygens (including phenoxy) is 3. The molecule has 0 spiro atoms. The molecular formula is C25H23N3O4. The Morgan fingerprint density at radius 2 is 1.69 bits per heavy atom. The number of anilines is 1. The van der Waals surface area contributed by atoms with Crippen LogP contribution in [0, 0.1) is 6.92 Å². The molecule has 0 saturated carbocycles. The van der Waals surface area contributed by atoms with Crippen LogP contribution in [0.2, 0.25) is 0 Å². The minimum atomic E-state index is -0.0183. The molecule has 4 rings (SSSR count). The zero-order chi connectivity index (χ0) is 22.5. The Morgan fingerprint density at radius 3 is 2.44 bits per heavy atom. The van der Waals surface area contributed by atoms with E-state index >= 15 is 0 Å². The lowest BCUT2D eigenvalue weighted by Crippen LogP contribution is -2.00. The van der Waals surface area contributed by atoms with Gasteiger partial charge in [-0.1, -0.05) is 36.4 Å². The first-order valence-corrected chi connectivity index (χ1v) is 9.99. The fourth-order valence-corrected chi connectivity index (χ4v) is 3.21. The van der Waals surface area contributed by atoms with Crippen LogP contribution in [-0.4, -0.2) is 22.2 Å². The molecule has 0 aliphatic rings. The number of hydrogen-bond acceptors (Lipinski definition) is 7. The smallest absolute Gasteiger partial charge is 0.220 e. The van der Waals surface area contributed by atoms with Gasteiger partial charge in [0.05, 0.1) is 13.3 Å². The molecule has 1 aromatic heterocycles. The number of aryl methyl sites for hydroxylation is 1. The summed E-state index contributed by atoms with van der Waals surface area (Å²) in [5, 5.41) is 10.7. The molecule has 7 heteroatoms. The fraction of sp³-hybridized carbons (Fsp3) is 0.120. The van der Waals surface area contributed by atoms with Gasteiger partial charge in [0.1, 0.15) is 23.8 Å². The standard InChI is InChI=1S/C25H23N3O4/c1-16-7-3-4-8-17(16)15-31-18-11-12-19(20(29)13-18)24-23(14-27-25(26)28-24)32-22-10-6-5-9-21(22)30-2/h3-14,29H,15H2,1-2H3,(H2,26,27,28). The molecule has 32 heavy (non-hydrogen) atoms. The number of hydrogen-bond donors (Lipinski definition) is 2. The Bertz CT molecular complexity index is 1240. The summed E-state index contributed by atoms with van der Waals surface area (Å²) in [4.78, 5) is 8.32. The van der Waals surface area contributed by atoms with E-state index in [0.29, 0.717) is 40.9 Å². The Balaban J connectivity index is 1.62. The molecular weight excluding hydrogens is 406 g/mol. The van der Waals surface area contributed by atoms with Gasteiger partial charge < -0.3 is 25.1 Å². The van der Waals surface area contributed by atoms with Crippen molar-refractivity contribution in [1.29, 1.82) is 0 Å². The number of aromatic nitrogens is 2. The lowest BCUT2D eigenvalue weighted by molar-refractivity contribution is 0.303. The first-order valence-electron chi connectivity index (χ1n) is 9.99. The minimum absolute atomic E-state index is 0.0183. The van der Waals surface area contributed by atoms with Crippen LogP contribution >= 0.6 is 0 Å². The quantitative estimate of drug-likeness (QED) is 0.421. The molecule has 3 aromatic carbocycles. The van der Waals surface area contributed by atoms with E-state index in [9.17, 15) is 5.11 Å². The molecule has 7 nitrogen and oxygen atoms in total. The van der Waals surface area contributed by atoms with Gasteiger partial charge >= 0.3 is 0 Å². The second-order valence-corrected chi connectivity index (χ2v) is 7.09. The van der Waals surface area contributed by atoms with Crippen molar-refractivity contribution in [2.45, 2.75) is 13.5 Å². The number of nitrogens with zero attached hydrogens (tertiary/aromatic N) is 2. The normalized spacial score (nSPS) is 10.6. The zero-order valence-electron chi connectivity index (χ0n) is 17.8. The Labute approximate surface area is 186 Å². The van der Waals surface area contributed by atoms with Crippen LogP contribution in [0.25, 0.3) is 11.3 Å². The summed E-state index contributed by atoms with van der Waals surface area (Å²) in [6.07, 6.45) is 1.46. The van der Waals surface area contributed by atoms with Crippen molar-refractivity contribution in [2.24, 2.45) is 0 Å². The molecule has 0 unspecified atom stereocenters. The predicted molar refractivity (Wildman–Crippen MR) is 122 cm³/mol. The SMILES string of the molecule is COc1ccccc1Oc1cnc(N)nc1-c1ccc(OCc2ccccc2C)cc1O. The number of benzene rings is 3. The predicted octanol–water partition coefficient (Wildman–Crippen LogP) is 5.12. The largest absolute Gasteiger partial charge is 0.507 e. The number of nitrogens with two attached hydrogens (primary N) is 1. The summed E-state index contributed by atoms with van der Waals surface area (Å²) >= 11 is 0. The van der Waals surface area contributed by atoms with Crippen LogP contribution in [0.1, 0.15) is 11.1 Å². The van der Waals surface area contributed by atoms with Crippen LogP contribution < -0.4 is 19.9 Å². The van der Waals surface area contributed by atoms with E-state index in [1.165, 1.54) is 6.20 Å². The van der Waals surface area contributed by atoms with Gasteiger partial charge in [-0.2, -0.15) is 0 Å². The third kappa shape index (κ3) is 4.57. The van der Waals surface area contributed by atoms with Crippen molar-refractivity contribution in [3.63, 3.8) is 0 Å². The van der Waals surface area contributed by atoms with Crippen molar-refractivity contribution >= 4 is 5.95 Å². The second-order valence-electron chi connectivity index (χ2n) is 7.09. The number of nitrogen functional groups attached to an aromatic ring is 1. The van der Waals surface area contributed by atoms with Gasteiger partial charge in [-0.25, -0.2) is 9.97 Å². The average molecular weight is 429 g/mol. The lowest BCUT2D eigenvalue weighted by atomic mass is 10.1. The lowest BCUT2D eigenvalue weighted by Gasteiger charge is -2.14. The number of phenolic OH excluding ortho intramolecular Hbond substituents is 1. The van der Waals surface area contributed by atoms with E-state index in [4.69, 9.17) is 19.9 Å². The number of aromatic hydroxyl groups is 1. The van der Waals surface area contributed by atoms with Gasteiger partial charge in [0.2, 0.25) is 5.95 Å². The van der Waals surface area contributed by atoms with Crippen molar-refractivity contribution in [3.8, 4) is 40.0 Å². The molecule has 0 bridgehead atoms. The highest BCUT2D eigenvalue weighted by atomic mass is 16.5. The molecule has 0 amide bonds. The van der Waals surface area contributed by atoms with Gasteiger partial charge in [0, 0.05) is 11.6 Å². The van der Waals surface area contributed by atoms with E-state index < -0.39 is 0 Å². The van der Waals surface area contributed by atoms with Crippen LogP contribution in [0.3, 0.4) is 0 Å². The maximum Gasteiger partial charge on any atom is 0.220 e. The molecule has 0 atom stereocenters. The van der Waals surface area contributed by atoms with Crippen LogP contribution in [0.5, 0.6) is 28.7 Å². The van der Waals surface area contributed by atoms with Gasteiger partial charge in [0.15, 0.2) is 17.2 Å². The van der Waals surface area contributed by atoms with Crippen LogP contribution in [0.15, 0.2) is 72.9 Å². The second kappa shape index (κ2) is 9.26. The van der Waals surface area contributed by atoms with Gasteiger partial charge in [-0.05, 0) is 42.3 Å². The summed E-state index contributed by atoms with van der Waals surface area (Å²) in [7, 11) is 1.56. The Hall–Kier alpha value is -4.26. The molecule has 0 saturated heterocycles. The van der Waals surface area contributed by atoms with Gasteiger partial charge in [0.25, 0.3) is 0 Å². The summed E-state index contributed by atoms with van der Waals surface area (Å²) in [6, 6.07) is 20.2. The van der Waals surface area contributed by atoms with Crippen LogP contribution in [-0.2, 0) is 6.61 Å². The highest BCUT2D eigenvalue weighted by molar-refractivity contribution is 5.74. The number of phenols is 1.